The Labute approximate surface area is 137 Å². The van der Waals surface area contributed by atoms with Crippen molar-refractivity contribution in [1.29, 1.82) is 0 Å². The molecule has 0 unspecified atom stereocenters. The third-order valence-electron chi connectivity index (χ3n) is 4.82. The molecule has 2 aliphatic rings. The number of pyridine rings is 1. The van der Waals surface area contributed by atoms with Gasteiger partial charge in [-0.2, -0.15) is 4.31 Å². The van der Waals surface area contributed by atoms with Crippen LogP contribution in [0.25, 0.3) is 0 Å². The zero-order valence-electron chi connectivity index (χ0n) is 13.5. The molecule has 0 aromatic carbocycles. The van der Waals surface area contributed by atoms with Gasteiger partial charge in [0.05, 0.1) is 12.7 Å². The molecule has 128 valence electrons. The second-order valence-electron chi connectivity index (χ2n) is 6.28. The van der Waals surface area contributed by atoms with Crippen molar-refractivity contribution in [2.45, 2.75) is 37.2 Å². The van der Waals surface area contributed by atoms with Crippen LogP contribution >= 0.6 is 0 Å². The number of piperidine rings is 1. The van der Waals surface area contributed by atoms with Crippen LogP contribution in [0.4, 0.5) is 0 Å². The van der Waals surface area contributed by atoms with E-state index in [0.29, 0.717) is 32.7 Å². The van der Waals surface area contributed by atoms with E-state index in [0.717, 1.165) is 19.4 Å². The number of ether oxygens (including phenoxy) is 2. The average Bonchev–Trinajstić information content (AvgIpc) is 2.60. The minimum atomic E-state index is -3.52. The Balaban J connectivity index is 1.85. The third-order valence-corrected chi connectivity index (χ3v) is 6.65. The molecule has 6 nitrogen and oxygen atoms in total. The lowest BCUT2D eigenvalue weighted by Gasteiger charge is -2.49. The number of rotatable bonds is 5. The SMILES string of the molecule is CCOC[C@@]12CCCO[C@H]1CCN(S(=O)(=O)c1cccnc1)C2. The van der Waals surface area contributed by atoms with Crippen LogP contribution in [-0.4, -0.2) is 56.7 Å². The normalized spacial score (nSPS) is 29.2. The Hall–Kier alpha value is -1.02. The number of sulfonamides is 1. The van der Waals surface area contributed by atoms with Crippen molar-refractivity contribution in [1.82, 2.24) is 9.29 Å². The van der Waals surface area contributed by atoms with E-state index in [4.69, 9.17) is 9.47 Å². The van der Waals surface area contributed by atoms with Crippen LogP contribution in [-0.2, 0) is 19.5 Å². The molecule has 23 heavy (non-hydrogen) atoms. The van der Waals surface area contributed by atoms with Crippen molar-refractivity contribution in [2.24, 2.45) is 5.41 Å². The molecular formula is C16H24N2O4S. The fraction of sp³-hybridized carbons (Fsp3) is 0.688. The molecule has 0 radical (unpaired) electrons. The maximum atomic E-state index is 12.9. The zero-order valence-corrected chi connectivity index (χ0v) is 14.3. The maximum Gasteiger partial charge on any atom is 0.244 e. The molecule has 0 amide bonds. The van der Waals surface area contributed by atoms with E-state index in [9.17, 15) is 8.42 Å². The third kappa shape index (κ3) is 3.28. The van der Waals surface area contributed by atoms with Gasteiger partial charge in [-0.05, 0) is 38.3 Å². The molecule has 2 saturated heterocycles. The second kappa shape index (κ2) is 6.84. The quantitative estimate of drug-likeness (QED) is 0.816. The second-order valence-corrected chi connectivity index (χ2v) is 8.22. The summed E-state index contributed by atoms with van der Waals surface area (Å²) in [6, 6.07) is 3.25. The molecule has 0 spiro atoms. The van der Waals surface area contributed by atoms with Gasteiger partial charge in [-0.25, -0.2) is 8.42 Å². The van der Waals surface area contributed by atoms with Gasteiger partial charge in [0.25, 0.3) is 0 Å². The molecule has 3 heterocycles. The molecule has 3 rings (SSSR count). The summed E-state index contributed by atoms with van der Waals surface area (Å²) >= 11 is 0. The fourth-order valence-corrected chi connectivity index (χ4v) is 5.14. The number of hydrogen-bond donors (Lipinski definition) is 0. The zero-order chi connectivity index (χ0) is 16.3. The summed E-state index contributed by atoms with van der Waals surface area (Å²) in [5, 5.41) is 0. The molecule has 0 N–H and O–H groups in total. The highest BCUT2D eigenvalue weighted by Gasteiger charge is 2.48. The molecule has 7 heteroatoms. The lowest BCUT2D eigenvalue weighted by atomic mass is 9.73. The lowest BCUT2D eigenvalue weighted by molar-refractivity contribution is -0.141. The molecule has 1 aromatic rings. The standard InChI is InChI=1S/C16H24N2O4S/c1-2-21-13-16-7-4-10-22-15(16)6-9-18(12-16)23(19,20)14-5-3-8-17-11-14/h3,5,8,11,15H,2,4,6-7,9-10,12-13H2,1H3/t15-,16-/m0/s1. The topological polar surface area (TPSA) is 68.7 Å². The van der Waals surface area contributed by atoms with Gasteiger partial charge < -0.3 is 9.47 Å². The van der Waals surface area contributed by atoms with Crippen LogP contribution in [0, 0.1) is 5.41 Å². The Kier molecular flexibility index (Phi) is 5.01. The summed E-state index contributed by atoms with van der Waals surface area (Å²) in [5.41, 5.74) is -0.234. The number of hydrogen-bond acceptors (Lipinski definition) is 5. The summed E-state index contributed by atoms with van der Waals surface area (Å²) in [7, 11) is -3.52. The van der Waals surface area contributed by atoms with E-state index in [1.54, 1.807) is 22.6 Å². The van der Waals surface area contributed by atoms with Crippen molar-refractivity contribution >= 4 is 10.0 Å². The maximum absolute atomic E-state index is 12.9. The van der Waals surface area contributed by atoms with Crippen molar-refractivity contribution in [3.05, 3.63) is 24.5 Å². The van der Waals surface area contributed by atoms with Gasteiger partial charge in [0, 0.05) is 44.1 Å². The summed E-state index contributed by atoms with van der Waals surface area (Å²) in [5.74, 6) is 0. The minimum absolute atomic E-state index is 0.0862. The molecule has 2 atom stereocenters. The van der Waals surface area contributed by atoms with E-state index >= 15 is 0 Å². The molecule has 0 saturated carbocycles. The van der Waals surface area contributed by atoms with Crippen molar-refractivity contribution in [3.8, 4) is 0 Å². The van der Waals surface area contributed by atoms with Crippen LogP contribution in [0.3, 0.4) is 0 Å². The van der Waals surface area contributed by atoms with Gasteiger partial charge in [0.1, 0.15) is 4.90 Å². The molecular weight excluding hydrogens is 316 g/mol. The van der Waals surface area contributed by atoms with Crippen LogP contribution in [0.1, 0.15) is 26.2 Å². The first kappa shape index (κ1) is 16.8. The first-order valence-corrected chi connectivity index (χ1v) is 9.62. The first-order valence-electron chi connectivity index (χ1n) is 8.18. The van der Waals surface area contributed by atoms with Crippen molar-refractivity contribution in [2.75, 3.05) is 32.9 Å². The largest absolute Gasteiger partial charge is 0.381 e. The summed E-state index contributed by atoms with van der Waals surface area (Å²) in [4.78, 5) is 4.19. The van der Waals surface area contributed by atoms with Crippen molar-refractivity contribution in [3.63, 3.8) is 0 Å². The van der Waals surface area contributed by atoms with Crippen LogP contribution in [0.5, 0.6) is 0 Å². The number of fused-ring (bicyclic) bond motifs is 1. The van der Waals surface area contributed by atoms with Gasteiger partial charge >= 0.3 is 0 Å². The summed E-state index contributed by atoms with van der Waals surface area (Å²) in [6.45, 7) is 4.83. The Morgan fingerprint density at radius 2 is 2.39 bits per heavy atom. The van der Waals surface area contributed by atoms with E-state index < -0.39 is 10.0 Å². The van der Waals surface area contributed by atoms with Gasteiger partial charge in [0.15, 0.2) is 0 Å². The summed E-state index contributed by atoms with van der Waals surface area (Å²) in [6.07, 6.45) is 5.68. The molecule has 1 aromatic heterocycles. The number of nitrogens with zero attached hydrogens (tertiary/aromatic N) is 2. The van der Waals surface area contributed by atoms with E-state index in [-0.39, 0.29) is 16.4 Å². The van der Waals surface area contributed by atoms with Crippen LogP contribution in [0.2, 0.25) is 0 Å². The predicted octanol–water partition coefficient (Wildman–Crippen LogP) is 1.68. The molecule has 2 aliphatic heterocycles. The van der Waals surface area contributed by atoms with Gasteiger partial charge in [-0.15, -0.1) is 0 Å². The van der Waals surface area contributed by atoms with E-state index in [2.05, 4.69) is 4.98 Å². The lowest BCUT2D eigenvalue weighted by Crippen LogP contribution is -2.58. The summed E-state index contributed by atoms with van der Waals surface area (Å²) < 4.78 is 39.0. The number of aromatic nitrogens is 1. The Morgan fingerprint density at radius 1 is 1.52 bits per heavy atom. The van der Waals surface area contributed by atoms with E-state index in [1.165, 1.54) is 6.20 Å². The van der Waals surface area contributed by atoms with Gasteiger partial charge in [-0.3, -0.25) is 4.98 Å². The minimum Gasteiger partial charge on any atom is -0.381 e. The van der Waals surface area contributed by atoms with Crippen molar-refractivity contribution < 1.29 is 17.9 Å². The monoisotopic (exact) mass is 340 g/mol. The Bertz CT molecular complexity index is 622. The van der Waals surface area contributed by atoms with Crippen LogP contribution < -0.4 is 0 Å². The molecule has 2 fully saturated rings. The first-order chi connectivity index (χ1) is 11.1. The molecule has 0 aliphatic carbocycles. The molecule has 0 bridgehead atoms. The highest BCUT2D eigenvalue weighted by atomic mass is 32.2. The van der Waals surface area contributed by atoms with Gasteiger partial charge in [0.2, 0.25) is 10.0 Å². The highest BCUT2D eigenvalue weighted by molar-refractivity contribution is 7.89. The highest BCUT2D eigenvalue weighted by Crippen LogP contribution is 2.41. The fourth-order valence-electron chi connectivity index (χ4n) is 3.62. The average molecular weight is 340 g/mol. The Morgan fingerprint density at radius 3 is 3.13 bits per heavy atom. The van der Waals surface area contributed by atoms with Gasteiger partial charge in [-0.1, -0.05) is 0 Å². The predicted molar refractivity (Wildman–Crippen MR) is 85.5 cm³/mol. The smallest absolute Gasteiger partial charge is 0.244 e. The van der Waals surface area contributed by atoms with Crippen LogP contribution in [0.15, 0.2) is 29.4 Å². The van der Waals surface area contributed by atoms with E-state index in [1.807, 2.05) is 6.92 Å².